The van der Waals surface area contributed by atoms with E-state index in [9.17, 15) is 0 Å². The highest BCUT2D eigenvalue weighted by atomic mass is 32.1. The van der Waals surface area contributed by atoms with Crippen molar-refractivity contribution >= 4 is 11.3 Å². The largest absolute Gasteiger partial charge is 0.368 e. The van der Waals surface area contributed by atoms with E-state index in [2.05, 4.69) is 24.1 Å². The SMILES string of the molecule is CCc1nc(C2CN(CC)CCO2)sc1CNC. The molecule has 2 rings (SSSR count). The molecule has 1 fully saturated rings. The predicted octanol–water partition coefficient (Wildman–Crippen LogP) is 1.82. The van der Waals surface area contributed by atoms with Gasteiger partial charge in [-0.2, -0.15) is 0 Å². The van der Waals surface area contributed by atoms with E-state index in [-0.39, 0.29) is 6.10 Å². The van der Waals surface area contributed by atoms with Gasteiger partial charge in [-0.3, -0.25) is 4.90 Å². The van der Waals surface area contributed by atoms with Crippen molar-refractivity contribution in [3.63, 3.8) is 0 Å². The molecule has 1 N–H and O–H groups in total. The molecular formula is C13H23N3OS. The molecule has 0 radical (unpaired) electrons. The zero-order valence-electron chi connectivity index (χ0n) is 11.5. The summed E-state index contributed by atoms with van der Waals surface area (Å²) in [5.74, 6) is 0. The molecule has 1 aromatic rings. The quantitative estimate of drug-likeness (QED) is 0.885. The summed E-state index contributed by atoms with van der Waals surface area (Å²) in [6.45, 7) is 9.21. The van der Waals surface area contributed by atoms with Crippen LogP contribution in [0.1, 0.15) is 35.5 Å². The van der Waals surface area contributed by atoms with Gasteiger partial charge in [-0.15, -0.1) is 11.3 Å². The minimum atomic E-state index is 0.166. The van der Waals surface area contributed by atoms with Gasteiger partial charge in [-0.05, 0) is 20.0 Å². The molecule has 18 heavy (non-hydrogen) atoms. The van der Waals surface area contributed by atoms with Crippen LogP contribution in [0.5, 0.6) is 0 Å². The standard InChI is InChI=1S/C13H23N3OS/c1-4-10-12(8-14-3)18-13(15-10)11-9-16(5-2)6-7-17-11/h11,14H,4-9H2,1-3H3. The molecule has 1 saturated heterocycles. The van der Waals surface area contributed by atoms with Gasteiger partial charge >= 0.3 is 0 Å². The predicted molar refractivity (Wildman–Crippen MR) is 75.1 cm³/mol. The number of nitrogens with one attached hydrogen (secondary N) is 1. The molecule has 0 amide bonds. The van der Waals surface area contributed by atoms with Crippen molar-refractivity contribution in [3.8, 4) is 0 Å². The van der Waals surface area contributed by atoms with Gasteiger partial charge in [0.15, 0.2) is 0 Å². The summed E-state index contributed by atoms with van der Waals surface area (Å²) < 4.78 is 5.87. The number of aromatic nitrogens is 1. The fraction of sp³-hybridized carbons (Fsp3) is 0.769. The molecule has 1 aliphatic heterocycles. The summed E-state index contributed by atoms with van der Waals surface area (Å²) in [6.07, 6.45) is 1.16. The molecule has 0 aromatic carbocycles. The van der Waals surface area contributed by atoms with Crippen molar-refractivity contribution in [2.24, 2.45) is 0 Å². The number of nitrogens with zero attached hydrogens (tertiary/aromatic N) is 2. The second-order valence-corrected chi connectivity index (χ2v) is 5.67. The number of morpholine rings is 1. The van der Waals surface area contributed by atoms with Gasteiger partial charge in [0.1, 0.15) is 11.1 Å². The molecule has 102 valence electrons. The third-order valence-electron chi connectivity index (χ3n) is 3.34. The lowest BCUT2D eigenvalue weighted by Gasteiger charge is -2.30. The molecule has 4 nitrogen and oxygen atoms in total. The van der Waals surface area contributed by atoms with Crippen LogP contribution >= 0.6 is 11.3 Å². The fourth-order valence-electron chi connectivity index (χ4n) is 2.26. The highest BCUT2D eigenvalue weighted by Crippen LogP contribution is 2.29. The normalized spacial score (nSPS) is 21.4. The Morgan fingerprint density at radius 3 is 3.00 bits per heavy atom. The lowest BCUT2D eigenvalue weighted by Crippen LogP contribution is -2.38. The Labute approximate surface area is 113 Å². The smallest absolute Gasteiger partial charge is 0.123 e. The number of hydrogen-bond acceptors (Lipinski definition) is 5. The van der Waals surface area contributed by atoms with Gasteiger partial charge < -0.3 is 10.1 Å². The van der Waals surface area contributed by atoms with Crippen LogP contribution in [-0.4, -0.2) is 43.2 Å². The monoisotopic (exact) mass is 269 g/mol. The molecule has 1 aromatic heterocycles. The number of aryl methyl sites for hydroxylation is 1. The Morgan fingerprint density at radius 2 is 2.33 bits per heavy atom. The third-order valence-corrected chi connectivity index (χ3v) is 4.53. The highest BCUT2D eigenvalue weighted by molar-refractivity contribution is 7.11. The maximum Gasteiger partial charge on any atom is 0.123 e. The van der Waals surface area contributed by atoms with Crippen molar-refractivity contribution in [1.82, 2.24) is 15.2 Å². The fourth-order valence-corrected chi connectivity index (χ4v) is 3.46. The summed E-state index contributed by atoms with van der Waals surface area (Å²) in [5, 5.41) is 4.36. The van der Waals surface area contributed by atoms with Gasteiger partial charge in [0.05, 0.1) is 12.3 Å². The zero-order chi connectivity index (χ0) is 13.0. The lowest BCUT2D eigenvalue weighted by molar-refractivity contribution is -0.0283. The Hall–Kier alpha value is -0.490. The first-order valence-electron chi connectivity index (χ1n) is 6.75. The minimum absolute atomic E-state index is 0.166. The van der Waals surface area contributed by atoms with E-state index in [1.165, 1.54) is 10.6 Å². The highest BCUT2D eigenvalue weighted by Gasteiger charge is 2.24. The van der Waals surface area contributed by atoms with Crippen LogP contribution in [0.15, 0.2) is 0 Å². The lowest BCUT2D eigenvalue weighted by atomic mass is 10.2. The molecule has 1 aliphatic rings. The molecule has 0 bridgehead atoms. The van der Waals surface area contributed by atoms with Crippen molar-refractivity contribution in [2.45, 2.75) is 32.9 Å². The number of hydrogen-bond donors (Lipinski definition) is 1. The van der Waals surface area contributed by atoms with Crippen molar-refractivity contribution in [1.29, 1.82) is 0 Å². The topological polar surface area (TPSA) is 37.4 Å². The number of ether oxygens (including phenoxy) is 1. The first-order chi connectivity index (χ1) is 8.78. The average molecular weight is 269 g/mol. The number of likely N-dealkylation sites (N-methyl/N-ethyl adjacent to an activating group) is 1. The van der Waals surface area contributed by atoms with Gasteiger partial charge in [-0.25, -0.2) is 4.98 Å². The van der Waals surface area contributed by atoms with E-state index in [0.29, 0.717) is 0 Å². The molecule has 1 unspecified atom stereocenters. The molecule has 2 heterocycles. The molecule has 0 aliphatic carbocycles. The van der Waals surface area contributed by atoms with Gasteiger partial charge in [0.2, 0.25) is 0 Å². The van der Waals surface area contributed by atoms with E-state index >= 15 is 0 Å². The summed E-state index contributed by atoms with van der Waals surface area (Å²) in [4.78, 5) is 8.55. The molecule has 0 saturated carbocycles. The van der Waals surface area contributed by atoms with Crippen LogP contribution in [0.25, 0.3) is 0 Å². The third kappa shape index (κ3) is 3.09. The Bertz CT molecular complexity index is 380. The van der Waals surface area contributed by atoms with E-state index in [0.717, 1.165) is 44.2 Å². The molecule has 5 heteroatoms. The first kappa shape index (κ1) is 13.9. The van der Waals surface area contributed by atoms with Crippen LogP contribution in [0.4, 0.5) is 0 Å². The number of thiazole rings is 1. The van der Waals surface area contributed by atoms with E-state index < -0.39 is 0 Å². The summed E-state index contributed by atoms with van der Waals surface area (Å²) in [5.41, 5.74) is 1.22. The second kappa shape index (κ2) is 6.61. The Balaban J connectivity index is 2.12. The summed E-state index contributed by atoms with van der Waals surface area (Å²) in [6, 6.07) is 0. The van der Waals surface area contributed by atoms with Crippen LogP contribution in [0.3, 0.4) is 0 Å². The first-order valence-corrected chi connectivity index (χ1v) is 7.57. The van der Waals surface area contributed by atoms with Crippen molar-refractivity contribution in [2.75, 3.05) is 33.3 Å². The number of rotatable bonds is 5. The Morgan fingerprint density at radius 1 is 1.50 bits per heavy atom. The van der Waals surface area contributed by atoms with E-state index in [1.807, 2.05) is 7.05 Å². The summed E-state index contributed by atoms with van der Waals surface area (Å²) >= 11 is 1.80. The summed E-state index contributed by atoms with van der Waals surface area (Å²) in [7, 11) is 1.98. The maximum absolute atomic E-state index is 5.87. The van der Waals surface area contributed by atoms with E-state index in [1.54, 1.807) is 11.3 Å². The van der Waals surface area contributed by atoms with Gasteiger partial charge in [0, 0.05) is 24.5 Å². The Kier molecular flexibility index (Phi) is 5.12. The maximum atomic E-state index is 5.87. The van der Waals surface area contributed by atoms with Crippen LogP contribution in [-0.2, 0) is 17.7 Å². The van der Waals surface area contributed by atoms with Gasteiger partial charge in [-0.1, -0.05) is 13.8 Å². The average Bonchev–Trinajstić information content (AvgIpc) is 2.82. The van der Waals surface area contributed by atoms with E-state index in [4.69, 9.17) is 9.72 Å². The van der Waals surface area contributed by atoms with Crippen LogP contribution in [0.2, 0.25) is 0 Å². The molecular weight excluding hydrogens is 246 g/mol. The van der Waals surface area contributed by atoms with Crippen LogP contribution < -0.4 is 5.32 Å². The zero-order valence-corrected chi connectivity index (χ0v) is 12.3. The molecule has 0 spiro atoms. The van der Waals surface area contributed by atoms with Crippen molar-refractivity contribution in [3.05, 3.63) is 15.6 Å². The second-order valence-electron chi connectivity index (χ2n) is 4.56. The van der Waals surface area contributed by atoms with Gasteiger partial charge in [0.25, 0.3) is 0 Å². The molecule has 1 atom stereocenters. The van der Waals surface area contributed by atoms with Crippen molar-refractivity contribution < 1.29 is 4.74 Å². The van der Waals surface area contributed by atoms with Crippen LogP contribution in [0, 0.1) is 0 Å². The minimum Gasteiger partial charge on any atom is -0.368 e.